The van der Waals surface area contributed by atoms with E-state index in [1.807, 2.05) is 0 Å². The van der Waals surface area contributed by atoms with E-state index in [1.54, 1.807) is 13.8 Å². The molecule has 0 aliphatic rings. The van der Waals surface area contributed by atoms with Gasteiger partial charge in [0.1, 0.15) is 0 Å². The molecule has 1 aromatic rings. The third-order valence-electron chi connectivity index (χ3n) is 1.27. The van der Waals surface area contributed by atoms with Gasteiger partial charge in [0.25, 0.3) is 0 Å². The average molecular weight is 183 g/mol. The van der Waals surface area contributed by atoms with Crippen molar-refractivity contribution in [3.8, 4) is 0 Å². The van der Waals surface area contributed by atoms with Crippen molar-refractivity contribution in [1.29, 1.82) is 0 Å². The van der Waals surface area contributed by atoms with Gasteiger partial charge in [0.05, 0.1) is 6.10 Å². The first kappa shape index (κ1) is 9.64. The lowest BCUT2D eigenvalue weighted by atomic mass is 10.3. The number of rotatable bonds is 2. The number of hydrogen-bond donors (Lipinski definition) is 0. The van der Waals surface area contributed by atoms with Gasteiger partial charge in [0.2, 0.25) is 5.95 Å². The predicted octanol–water partition coefficient (Wildman–Crippen LogP) is 1.79. The molecule has 0 spiro atoms. The Kier molecular flexibility index (Phi) is 2.95. The molecular weight excluding hydrogens is 173 g/mol. The van der Waals surface area contributed by atoms with Crippen LogP contribution in [0.4, 0.5) is 4.39 Å². The summed E-state index contributed by atoms with van der Waals surface area (Å²) in [6.07, 6.45) is -0.224. The molecule has 0 aliphatic heterocycles. The minimum atomic E-state index is -0.682. The van der Waals surface area contributed by atoms with E-state index in [4.69, 9.17) is 4.74 Å². The van der Waals surface area contributed by atoms with Crippen LogP contribution in [-0.2, 0) is 4.74 Å². The molecule has 1 aromatic heterocycles. The lowest BCUT2D eigenvalue weighted by molar-refractivity contribution is 0.0369. The lowest BCUT2D eigenvalue weighted by Gasteiger charge is -2.06. The number of carbonyl (C=O) groups excluding carboxylic acids is 1. The predicted molar refractivity (Wildman–Crippen MR) is 44.7 cm³/mol. The molecule has 70 valence electrons. The summed E-state index contributed by atoms with van der Waals surface area (Å²) in [5, 5.41) is 0. The first-order valence-electron chi connectivity index (χ1n) is 3.93. The molecule has 0 fully saturated rings. The maximum absolute atomic E-state index is 12.5. The van der Waals surface area contributed by atoms with Gasteiger partial charge in [0, 0.05) is 0 Å². The summed E-state index contributed by atoms with van der Waals surface area (Å²) < 4.78 is 17.4. The van der Waals surface area contributed by atoms with Crippen LogP contribution >= 0.6 is 0 Å². The minimum Gasteiger partial charge on any atom is -0.458 e. The number of ether oxygens (including phenoxy) is 1. The van der Waals surface area contributed by atoms with E-state index < -0.39 is 11.9 Å². The van der Waals surface area contributed by atoms with Crippen LogP contribution in [0.25, 0.3) is 0 Å². The van der Waals surface area contributed by atoms with Crippen LogP contribution in [0.3, 0.4) is 0 Å². The highest BCUT2D eigenvalue weighted by atomic mass is 19.1. The summed E-state index contributed by atoms with van der Waals surface area (Å²) >= 11 is 0. The number of carbonyl (C=O) groups is 1. The maximum Gasteiger partial charge on any atom is 0.357 e. The number of esters is 1. The van der Waals surface area contributed by atoms with Crippen molar-refractivity contribution in [3.05, 3.63) is 29.8 Å². The molecule has 1 heterocycles. The van der Waals surface area contributed by atoms with E-state index in [9.17, 15) is 9.18 Å². The van der Waals surface area contributed by atoms with Crippen LogP contribution in [0.2, 0.25) is 0 Å². The first-order chi connectivity index (χ1) is 6.09. The number of nitrogens with zero attached hydrogens (tertiary/aromatic N) is 1. The summed E-state index contributed by atoms with van der Waals surface area (Å²) in [5.41, 5.74) is -0.00583. The van der Waals surface area contributed by atoms with Crippen molar-refractivity contribution < 1.29 is 13.9 Å². The molecule has 0 bridgehead atoms. The SMILES string of the molecule is CC(C)OC(=O)c1cccc(F)n1. The van der Waals surface area contributed by atoms with Crippen molar-refractivity contribution in [2.75, 3.05) is 0 Å². The fourth-order valence-corrected chi connectivity index (χ4v) is 0.796. The zero-order chi connectivity index (χ0) is 9.84. The second kappa shape index (κ2) is 3.98. The Morgan fingerprint density at radius 1 is 1.54 bits per heavy atom. The Hall–Kier alpha value is -1.45. The normalized spacial score (nSPS) is 10.2. The van der Waals surface area contributed by atoms with Gasteiger partial charge in [-0.3, -0.25) is 0 Å². The van der Waals surface area contributed by atoms with E-state index in [0.717, 1.165) is 0 Å². The zero-order valence-corrected chi connectivity index (χ0v) is 7.45. The summed E-state index contributed by atoms with van der Waals surface area (Å²) in [4.78, 5) is 14.5. The van der Waals surface area contributed by atoms with Gasteiger partial charge >= 0.3 is 5.97 Å². The van der Waals surface area contributed by atoms with Gasteiger partial charge in [-0.1, -0.05) is 6.07 Å². The van der Waals surface area contributed by atoms with Crippen LogP contribution in [-0.4, -0.2) is 17.1 Å². The quantitative estimate of drug-likeness (QED) is 0.518. The minimum absolute atomic E-state index is 0.00583. The standard InChI is InChI=1S/C9H10FNO2/c1-6(2)13-9(12)7-4-3-5-8(10)11-7/h3-6H,1-2H3. The molecule has 0 saturated heterocycles. The molecule has 0 radical (unpaired) electrons. The van der Waals surface area contributed by atoms with Crippen LogP contribution in [0.1, 0.15) is 24.3 Å². The summed E-state index contributed by atoms with van der Waals surface area (Å²) in [6.45, 7) is 3.44. The van der Waals surface area contributed by atoms with Crippen molar-refractivity contribution >= 4 is 5.97 Å². The van der Waals surface area contributed by atoms with E-state index in [1.165, 1.54) is 18.2 Å². The fraction of sp³-hybridized carbons (Fsp3) is 0.333. The van der Waals surface area contributed by atoms with E-state index in [2.05, 4.69) is 4.98 Å². The number of pyridine rings is 1. The second-order valence-corrected chi connectivity index (χ2v) is 2.80. The number of aromatic nitrogens is 1. The molecule has 1 rings (SSSR count). The molecule has 0 aromatic carbocycles. The van der Waals surface area contributed by atoms with Gasteiger partial charge < -0.3 is 4.74 Å². The van der Waals surface area contributed by atoms with Gasteiger partial charge in [-0.2, -0.15) is 4.39 Å². The van der Waals surface area contributed by atoms with Crippen LogP contribution in [0, 0.1) is 5.95 Å². The molecule has 4 heteroatoms. The highest BCUT2D eigenvalue weighted by Gasteiger charge is 2.10. The molecule has 13 heavy (non-hydrogen) atoms. The molecule has 0 amide bonds. The smallest absolute Gasteiger partial charge is 0.357 e. The largest absolute Gasteiger partial charge is 0.458 e. The molecule has 0 saturated carbocycles. The Morgan fingerprint density at radius 2 is 2.23 bits per heavy atom. The van der Waals surface area contributed by atoms with E-state index in [0.29, 0.717) is 0 Å². The van der Waals surface area contributed by atoms with Crippen LogP contribution in [0.5, 0.6) is 0 Å². The maximum atomic E-state index is 12.5. The van der Waals surface area contributed by atoms with Crippen LogP contribution < -0.4 is 0 Å². The monoisotopic (exact) mass is 183 g/mol. The van der Waals surface area contributed by atoms with Gasteiger partial charge in [-0.05, 0) is 26.0 Å². The number of halogens is 1. The topological polar surface area (TPSA) is 39.2 Å². The van der Waals surface area contributed by atoms with Gasteiger partial charge in [0.15, 0.2) is 5.69 Å². The number of hydrogen-bond acceptors (Lipinski definition) is 3. The van der Waals surface area contributed by atoms with Crippen molar-refractivity contribution in [2.45, 2.75) is 20.0 Å². The third-order valence-corrected chi connectivity index (χ3v) is 1.27. The van der Waals surface area contributed by atoms with Gasteiger partial charge in [-0.15, -0.1) is 0 Å². The Morgan fingerprint density at radius 3 is 2.77 bits per heavy atom. The Labute approximate surface area is 75.6 Å². The molecule has 3 nitrogen and oxygen atoms in total. The summed E-state index contributed by atoms with van der Waals surface area (Å²) in [5.74, 6) is -1.28. The summed E-state index contributed by atoms with van der Waals surface area (Å²) in [7, 11) is 0. The van der Waals surface area contributed by atoms with E-state index in [-0.39, 0.29) is 11.8 Å². The van der Waals surface area contributed by atoms with Crippen molar-refractivity contribution in [1.82, 2.24) is 4.98 Å². The van der Waals surface area contributed by atoms with Gasteiger partial charge in [-0.25, -0.2) is 9.78 Å². The highest BCUT2D eigenvalue weighted by Crippen LogP contribution is 2.01. The van der Waals surface area contributed by atoms with Crippen molar-refractivity contribution in [2.24, 2.45) is 0 Å². The second-order valence-electron chi connectivity index (χ2n) is 2.80. The molecule has 0 atom stereocenters. The van der Waals surface area contributed by atoms with Crippen LogP contribution in [0.15, 0.2) is 18.2 Å². The fourth-order valence-electron chi connectivity index (χ4n) is 0.796. The lowest BCUT2D eigenvalue weighted by Crippen LogP contribution is -2.13. The molecule has 0 aliphatic carbocycles. The Bertz CT molecular complexity index is 312. The average Bonchev–Trinajstić information content (AvgIpc) is 2.03. The Balaban J connectivity index is 2.77. The molecule has 0 unspecified atom stereocenters. The zero-order valence-electron chi connectivity index (χ0n) is 7.45. The summed E-state index contributed by atoms with van der Waals surface area (Å²) in [6, 6.07) is 4.00. The molecular formula is C9H10FNO2. The first-order valence-corrected chi connectivity index (χ1v) is 3.93. The van der Waals surface area contributed by atoms with Crippen molar-refractivity contribution in [3.63, 3.8) is 0 Å². The van der Waals surface area contributed by atoms with E-state index >= 15 is 0 Å². The third kappa shape index (κ3) is 2.82. The molecule has 0 N–H and O–H groups in total. The highest BCUT2D eigenvalue weighted by molar-refractivity contribution is 5.87.